The molecule has 1 saturated heterocycles. The number of para-hydroxylation sites is 1. The van der Waals surface area contributed by atoms with Gasteiger partial charge in [0.25, 0.3) is 0 Å². The van der Waals surface area contributed by atoms with Gasteiger partial charge in [0.1, 0.15) is 11.9 Å². The van der Waals surface area contributed by atoms with Gasteiger partial charge in [-0.25, -0.2) is 9.97 Å². The maximum Gasteiger partial charge on any atom is 0.225 e. The summed E-state index contributed by atoms with van der Waals surface area (Å²) < 4.78 is 11.1. The fourth-order valence-corrected chi connectivity index (χ4v) is 2.76. The van der Waals surface area contributed by atoms with E-state index in [9.17, 15) is 0 Å². The first kappa shape index (κ1) is 15.6. The molecule has 1 aliphatic rings. The normalized spacial score (nSPS) is 16.9. The van der Waals surface area contributed by atoms with Gasteiger partial charge in [-0.05, 0) is 23.8 Å². The van der Waals surface area contributed by atoms with Crippen LogP contribution in [0.3, 0.4) is 0 Å². The van der Waals surface area contributed by atoms with E-state index in [1.54, 1.807) is 6.20 Å². The van der Waals surface area contributed by atoms with E-state index in [1.807, 2.05) is 36.4 Å². The van der Waals surface area contributed by atoms with Crippen molar-refractivity contribution in [3.8, 4) is 5.88 Å². The van der Waals surface area contributed by atoms with Gasteiger partial charge in [0.05, 0.1) is 18.7 Å². The van der Waals surface area contributed by atoms with Crippen molar-refractivity contribution in [3.63, 3.8) is 0 Å². The first-order valence-electron chi connectivity index (χ1n) is 8.23. The van der Waals surface area contributed by atoms with Gasteiger partial charge >= 0.3 is 0 Å². The highest BCUT2D eigenvalue weighted by Gasteiger charge is 2.17. The summed E-state index contributed by atoms with van der Waals surface area (Å²) in [5, 5.41) is 4.06. The van der Waals surface area contributed by atoms with Gasteiger partial charge in [-0.3, -0.25) is 0 Å². The van der Waals surface area contributed by atoms with Crippen molar-refractivity contribution in [2.75, 3.05) is 24.3 Å². The van der Waals surface area contributed by atoms with Crippen LogP contribution >= 0.6 is 0 Å². The Balaban J connectivity index is 1.46. The Kier molecular flexibility index (Phi) is 4.30. The number of nitrogens with zero attached hydrogens (tertiary/aromatic N) is 3. The summed E-state index contributed by atoms with van der Waals surface area (Å²) >= 11 is 0. The topological polar surface area (TPSA) is 95.2 Å². The minimum atomic E-state index is 0.0827. The number of hydrogen-bond donors (Lipinski definition) is 2. The molecule has 25 heavy (non-hydrogen) atoms. The largest absolute Gasteiger partial charge is 0.472 e. The molecule has 7 nitrogen and oxygen atoms in total. The van der Waals surface area contributed by atoms with Gasteiger partial charge in [0, 0.05) is 30.6 Å². The highest BCUT2D eigenvalue weighted by atomic mass is 16.5. The number of hydrogen-bond acceptors (Lipinski definition) is 7. The molecule has 128 valence electrons. The zero-order valence-corrected chi connectivity index (χ0v) is 13.7. The lowest BCUT2D eigenvalue weighted by molar-refractivity contribution is 0.138. The lowest BCUT2D eigenvalue weighted by Gasteiger charge is -2.12. The van der Waals surface area contributed by atoms with Gasteiger partial charge < -0.3 is 20.5 Å². The fraction of sp³-hybridized carbons (Fsp3) is 0.278. The molecule has 1 fully saturated rings. The number of ether oxygens (including phenoxy) is 2. The molecular weight excluding hydrogens is 318 g/mol. The molecule has 0 aliphatic carbocycles. The third kappa shape index (κ3) is 3.61. The first-order valence-corrected chi connectivity index (χ1v) is 8.23. The van der Waals surface area contributed by atoms with Crippen molar-refractivity contribution in [1.29, 1.82) is 0 Å². The van der Waals surface area contributed by atoms with Gasteiger partial charge in [0.15, 0.2) is 0 Å². The number of anilines is 2. The second kappa shape index (κ2) is 6.90. The standard InChI is InChI=1S/C18H19N5O2/c19-17-14-3-1-2-4-15(14)22-18(23-17)21-10-12-5-7-20-16(9-12)25-13-6-8-24-11-13/h1-5,7,9,13H,6,8,10-11H2,(H3,19,21,22,23). The van der Waals surface area contributed by atoms with Crippen molar-refractivity contribution in [2.45, 2.75) is 19.1 Å². The second-order valence-electron chi connectivity index (χ2n) is 5.91. The molecule has 3 N–H and O–H groups in total. The van der Waals surface area contributed by atoms with Crippen LogP contribution in [0.2, 0.25) is 0 Å². The molecule has 7 heteroatoms. The summed E-state index contributed by atoms with van der Waals surface area (Å²) in [6.45, 7) is 1.92. The molecule has 1 atom stereocenters. The summed E-state index contributed by atoms with van der Waals surface area (Å²) in [6.07, 6.45) is 2.71. The number of nitrogens with two attached hydrogens (primary N) is 1. The summed E-state index contributed by atoms with van der Waals surface area (Å²) in [7, 11) is 0. The molecular formula is C18H19N5O2. The molecule has 3 heterocycles. The predicted molar refractivity (Wildman–Crippen MR) is 95.4 cm³/mol. The predicted octanol–water partition coefficient (Wildman–Crippen LogP) is 2.39. The average Bonchev–Trinajstić information content (AvgIpc) is 3.13. The number of nitrogens with one attached hydrogen (secondary N) is 1. The summed E-state index contributed by atoms with van der Waals surface area (Å²) in [5.41, 5.74) is 7.85. The average molecular weight is 337 g/mol. The van der Waals surface area contributed by atoms with Crippen LogP contribution < -0.4 is 15.8 Å². The molecule has 0 saturated carbocycles. The van der Waals surface area contributed by atoms with Gasteiger partial charge in [-0.1, -0.05) is 12.1 Å². The molecule has 1 aromatic carbocycles. The third-order valence-corrected chi connectivity index (χ3v) is 4.06. The summed E-state index contributed by atoms with van der Waals surface area (Å²) in [6, 6.07) is 11.5. The van der Waals surface area contributed by atoms with E-state index in [1.165, 1.54) is 0 Å². The van der Waals surface area contributed by atoms with E-state index in [0.29, 0.717) is 30.8 Å². The van der Waals surface area contributed by atoms with Crippen LogP contribution in [0.1, 0.15) is 12.0 Å². The third-order valence-electron chi connectivity index (χ3n) is 4.06. The highest BCUT2D eigenvalue weighted by molar-refractivity contribution is 5.88. The lowest BCUT2D eigenvalue weighted by atomic mass is 10.2. The number of benzene rings is 1. The van der Waals surface area contributed by atoms with Crippen molar-refractivity contribution < 1.29 is 9.47 Å². The Morgan fingerprint density at radius 3 is 3.04 bits per heavy atom. The maximum absolute atomic E-state index is 6.01. The molecule has 1 unspecified atom stereocenters. The van der Waals surface area contributed by atoms with E-state index < -0.39 is 0 Å². The molecule has 0 radical (unpaired) electrons. The molecule has 0 spiro atoms. The lowest BCUT2D eigenvalue weighted by Crippen LogP contribution is -2.16. The van der Waals surface area contributed by atoms with Crippen molar-refractivity contribution >= 4 is 22.7 Å². The molecule has 2 aromatic heterocycles. The number of nitrogen functional groups attached to an aromatic ring is 1. The Hall–Kier alpha value is -2.93. The van der Waals surface area contributed by atoms with Crippen LogP contribution in [0.15, 0.2) is 42.6 Å². The minimum Gasteiger partial charge on any atom is -0.472 e. The summed E-state index contributed by atoms with van der Waals surface area (Å²) in [4.78, 5) is 13.1. The second-order valence-corrected chi connectivity index (χ2v) is 5.91. The van der Waals surface area contributed by atoms with Crippen LogP contribution in [0.25, 0.3) is 10.9 Å². The van der Waals surface area contributed by atoms with Crippen LogP contribution in [-0.4, -0.2) is 34.3 Å². The highest BCUT2D eigenvalue weighted by Crippen LogP contribution is 2.20. The molecule has 0 bridgehead atoms. The first-order chi connectivity index (χ1) is 12.3. The SMILES string of the molecule is Nc1nc(NCc2ccnc(OC3CCOC3)c2)nc2ccccc12. The Bertz CT molecular complexity index is 880. The zero-order valence-electron chi connectivity index (χ0n) is 13.7. The quantitative estimate of drug-likeness (QED) is 0.738. The summed E-state index contributed by atoms with van der Waals surface area (Å²) in [5.74, 6) is 1.57. The molecule has 1 aliphatic heterocycles. The van der Waals surface area contributed by atoms with E-state index >= 15 is 0 Å². The molecule has 0 amide bonds. The van der Waals surface area contributed by atoms with Gasteiger partial charge in [0.2, 0.25) is 11.8 Å². The van der Waals surface area contributed by atoms with Crippen LogP contribution in [-0.2, 0) is 11.3 Å². The van der Waals surface area contributed by atoms with Gasteiger partial charge in [-0.2, -0.15) is 4.98 Å². The fourth-order valence-electron chi connectivity index (χ4n) is 2.76. The number of fused-ring (bicyclic) bond motifs is 1. The van der Waals surface area contributed by atoms with Crippen molar-refractivity contribution in [2.24, 2.45) is 0 Å². The van der Waals surface area contributed by atoms with Crippen LogP contribution in [0, 0.1) is 0 Å². The maximum atomic E-state index is 6.01. The van der Waals surface area contributed by atoms with E-state index in [0.717, 1.165) is 29.5 Å². The Labute approximate surface area is 145 Å². The van der Waals surface area contributed by atoms with E-state index in [-0.39, 0.29) is 6.10 Å². The number of aromatic nitrogens is 3. The van der Waals surface area contributed by atoms with Crippen molar-refractivity contribution in [1.82, 2.24) is 15.0 Å². The number of pyridine rings is 1. The van der Waals surface area contributed by atoms with Crippen LogP contribution in [0.4, 0.5) is 11.8 Å². The Morgan fingerprint density at radius 2 is 2.16 bits per heavy atom. The van der Waals surface area contributed by atoms with E-state index in [4.69, 9.17) is 15.2 Å². The van der Waals surface area contributed by atoms with Crippen molar-refractivity contribution in [3.05, 3.63) is 48.2 Å². The molecule has 3 aromatic rings. The zero-order chi connectivity index (χ0) is 17.1. The van der Waals surface area contributed by atoms with Crippen LogP contribution in [0.5, 0.6) is 5.88 Å². The van der Waals surface area contributed by atoms with E-state index in [2.05, 4.69) is 20.3 Å². The number of rotatable bonds is 5. The monoisotopic (exact) mass is 337 g/mol. The van der Waals surface area contributed by atoms with Gasteiger partial charge in [-0.15, -0.1) is 0 Å². The molecule has 4 rings (SSSR count). The smallest absolute Gasteiger partial charge is 0.225 e. The Morgan fingerprint density at radius 1 is 1.24 bits per heavy atom. The minimum absolute atomic E-state index is 0.0827.